The Morgan fingerprint density at radius 2 is 1.65 bits per heavy atom. The summed E-state index contributed by atoms with van der Waals surface area (Å²) in [5.74, 6) is 0. The van der Waals surface area contributed by atoms with Crippen molar-refractivity contribution in [1.82, 2.24) is 10.2 Å². The molecule has 0 unspecified atom stereocenters. The van der Waals surface area contributed by atoms with Gasteiger partial charge in [-0.2, -0.15) is 0 Å². The van der Waals surface area contributed by atoms with Crippen LogP contribution in [0.1, 0.15) is 23.4 Å². The monoisotopic (exact) mass is 450 g/mol. The number of para-hydroxylation sites is 2. The summed E-state index contributed by atoms with van der Waals surface area (Å²) in [6.45, 7) is 8.45. The zero-order valence-corrected chi connectivity index (χ0v) is 19.8. The molecule has 1 saturated heterocycles. The van der Waals surface area contributed by atoms with Crippen LogP contribution >= 0.6 is 23.6 Å². The molecule has 4 rings (SSSR count). The summed E-state index contributed by atoms with van der Waals surface area (Å²) in [7, 11) is 0. The Kier molecular flexibility index (Phi) is 7.22. The standard InChI is InChI=1S/C25H30N4S2/c1-19-9-6-7-12-22(19)27-25(30)26-20(2)24(23-13-8-18-31-23)29-16-14-28(15-17-29)21-10-4-3-5-11-21/h3-13,18,20,24H,14-17H2,1-2H3,(H2,26,27,30)/t20-,24-/m0/s1. The van der Waals surface area contributed by atoms with Crippen LogP contribution in [0.2, 0.25) is 0 Å². The van der Waals surface area contributed by atoms with Crippen LogP contribution in [0, 0.1) is 6.92 Å². The van der Waals surface area contributed by atoms with Crippen molar-refractivity contribution in [3.8, 4) is 0 Å². The number of rotatable bonds is 6. The number of hydrogen-bond donors (Lipinski definition) is 2. The molecule has 162 valence electrons. The Hall–Kier alpha value is -2.41. The number of thiophene rings is 1. The summed E-state index contributed by atoms with van der Waals surface area (Å²) in [6, 6.07) is 23.8. The van der Waals surface area contributed by atoms with Crippen molar-refractivity contribution in [2.75, 3.05) is 36.4 Å². The zero-order chi connectivity index (χ0) is 21.6. The van der Waals surface area contributed by atoms with Crippen LogP contribution in [0.25, 0.3) is 0 Å². The fourth-order valence-electron chi connectivity index (χ4n) is 4.26. The third kappa shape index (κ3) is 5.45. The number of thiocarbonyl (C=S) groups is 1. The Morgan fingerprint density at radius 1 is 0.935 bits per heavy atom. The SMILES string of the molecule is Cc1ccccc1NC(=S)N[C@@H](C)[C@@H](c1cccs1)N1CCN(c2ccccc2)CC1. The van der Waals surface area contributed by atoms with Crippen LogP contribution in [0.4, 0.5) is 11.4 Å². The third-order valence-electron chi connectivity index (χ3n) is 5.89. The van der Waals surface area contributed by atoms with Crippen molar-refractivity contribution in [2.45, 2.75) is 25.9 Å². The highest BCUT2D eigenvalue weighted by atomic mass is 32.1. The van der Waals surface area contributed by atoms with Gasteiger partial charge in [-0.3, -0.25) is 4.90 Å². The zero-order valence-electron chi connectivity index (χ0n) is 18.1. The van der Waals surface area contributed by atoms with Crippen molar-refractivity contribution in [2.24, 2.45) is 0 Å². The first-order chi connectivity index (χ1) is 15.1. The number of benzene rings is 2. The molecule has 1 aliphatic rings. The van der Waals surface area contributed by atoms with Gasteiger partial charge >= 0.3 is 0 Å². The highest BCUT2D eigenvalue weighted by molar-refractivity contribution is 7.80. The van der Waals surface area contributed by atoms with E-state index in [-0.39, 0.29) is 12.1 Å². The average Bonchev–Trinajstić information content (AvgIpc) is 3.31. The van der Waals surface area contributed by atoms with Gasteiger partial charge in [0.25, 0.3) is 0 Å². The minimum absolute atomic E-state index is 0.186. The molecule has 4 nitrogen and oxygen atoms in total. The van der Waals surface area contributed by atoms with Gasteiger partial charge in [-0.15, -0.1) is 11.3 Å². The lowest BCUT2D eigenvalue weighted by molar-refractivity contribution is 0.163. The maximum atomic E-state index is 5.66. The summed E-state index contributed by atoms with van der Waals surface area (Å²) in [5, 5.41) is 9.76. The summed E-state index contributed by atoms with van der Waals surface area (Å²) in [5.41, 5.74) is 3.55. The summed E-state index contributed by atoms with van der Waals surface area (Å²) >= 11 is 7.48. The molecule has 0 spiro atoms. The number of piperazine rings is 1. The van der Waals surface area contributed by atoms with Crippen LogP contribution in [-0.2, 0) is 0 Å². The molecule has 2 heterocycles. The molecule has 0 radical (unpaired) electrons. The van der Waals surface area contributed by atoms with Crippen molar-refractivity contribution in [3.63, 3.8) is 0 Å². The van der Waals surface area contributed by atoms with E-state index in [1.165, 1.54) is 16.1 Å². The molecule has 2 N–H and O–H groups in total. The Balaban J connectivity index is 1.42. The lowest BCUT2D eigenvalue weighted by Crippen LogP contribution is -2.52. The van der Waals surface area contributed by atoms with Gasteiger partial charge in [0, 0.05) is 48.5 Å². The molecule has 6 heteroatoms. The van der Waals surface area contributed by atoms with E-state index in [9.17, 15) is 0 Å². The lowest BCUT2D eigenvalue weighted by Gasteiger charge is -2.42. The maximum Gasteiger partial charge on any atom is 0.171 e. The van der Waals surface area contributed by atoms with E-state index in [1.807, 2.05) is 23.5 Å². The Morgan fingerprint density at radius 3 is 2.32 bits per heavy atom. The van der Waals surface area contributed by atoms with Crippen molar-refractivity contribution >= 4 is 40.0 Å². The number of nitrogens with zero attached hydrogens (tertiary/aromatic N) is 2. The molecule has 0 bridgehead atoms. The quantitative estimate of drug-likeness (QED) is 0.498. The van der Waals surface area contributed by atoms with Gasteiger partial charge in [0.05, 0.1) is 6.04 Å². The molecule has 0 aliphatic carbocycles. The van der Waals surface area contributed by atoms with Crippen LogP contribution in [0.3, 0.4) is 0 Å². The number of nitrogens with one attached hydrogen (secondary N) is 2. The van der Waals surface area contributed by atoms with Gasteiger partial charge < -0.3 is 15.5 Å². The van der Waals surface area contributed by atoms with Crippen LogP contribution in [-0.4, -0.2) is 42.2 Å². The molecule has 0 amide bonds. The first-order valence-corrected chi connectivity index (χ1v) is 12.1. The molecule has 0 saturated carbocycles. The van der Waals surface area contributed by atoms with Gasteiger partial charge in [-0.05, 0) is 61.3 Å². The van der Waals surface area contributed by atoms with Gasteiger partial charge in [-0.25, -0.2) is 0 Å². The first kappa shape index (κ1) is 21.8. The molecular weight excluding hydrogens is 420 g/mol. The van der Waals surface area contributed by atoms with E-state index in [0.717, 1.165) is 31.9 Å². The van der Waals surface area contributed by atoms with E-state index < -0.39 is 0 Å². The van der Waals surface area contributed by atoms with Crippen LogP contribution in [0.5, 0.6) is 0 Å². The largest absolute Gasteiger partial charge is 0.369 e. The summed E-state index contributed by atoms with van der Waals surface area (Å²) < 4.78 is 0. The predicted molar refractivity (Wildman–Crippen MR) is 137 cm³/mol. The van der Waals surface area contributed by atoms with E-state index >= 15 is 0 Å². The van der Waals surface area contributed by atoms with Crippen molar-refractivity contribution < 1.29 is 0 Å². The molecule has 31 heavy (non-hydrogen) atoms. The van der Waals surface area contributed by atoms with E-state index in [0.29, 0.717) is 5.11 Å². The molecule has 2 aromatic carbocycles. The number of anilines is 2. The van der Waals surface area contributed by atoms with E-state index in [2.05, 4.69) is 94.3 Å². The fourth-order valence-corrected chi connectivity index (χ4v) is 5.52. The second-order valence-corrected chi connectivity index (χ2v) is 9.41. The third-order valence-corrected chi connectivity index (χ3v) is 7.05. The highest BCUT2D eigenvalue weighted by Gasteiger charge is 2.30. The Bertz CT molecular complexity index is 966. The van der Waals surface area contributed by atoms with Crippen LogP contribution in [0.15, 0.2) is 72.1 Å². The summed E-state index contributed by atoms with van der Waals surface area (Å²) in [6.07, 6.45) is 0. The predicted octanol–water partition coefficient (Wildman–Crippen LogP) is 5.29. The second-order valence-electron chi connectivity index (χ2n) is 8.02. The second kappa shape index (κ2) is 10.3. The minimum atomic E-state index is 0.186. The highest BCUT2D eigenvalue weighted by Crippen LogP contribution is 2.30. The topological polar surface area (TPSA) is 30.5 Å². The maximum absolute atomic E-state index is 5.66. The normalized spacial score (nSPS) is 16.5. The van der Waals surface area contributed by atoms with Crippen LogP contribution < -0.4 is 15.5 Å². The lowest BCUT2D eigenvalue weighted by atomic mass is 10.0. The minimum Gasteiger partial charge on any atom is -0.369 e. The molecule has 2 atom stereocenters. The molecule has 1 aliphatic heterocycles. The molecule has 1 fully saturated rings. The fraction of sp³-hybridized carbons (Fsp3) is 0.320. The van der Waals surface area contributed by atoms with Gasteiger partial charge in [0.1, 0.15) is 0 Å². The van der Waals surface area contributed by atoms with E-state index in [4.69, 9.17) is 12.2 Å². The Labute approximate surface area is 194 Å². The molecular formula is C25H30N4S2. The van der Waals surface area contributed by atoms with Gasteiger partial charge in [-0.1, -0.05) is 42.5 Å². The molecule has 1 aromatic heterocycles. The first-order valence-electron chi connectivity index (χ1n) is 10.8. The smallest absolute Gasteiger partial charge is 0.171 e. The summed E-state index contributed by atoms with van der Waals surface area (Å²) in [4.78, 5) is 6.45. The van der Waals surface area contributed by atoms with Crippen molar-refractivity contribution in [1.29, 1.82) is 0 Å². The van der Waals surface area contributed by atoms with Gasteiger partial charge in [0.15, 0.2) is 5.11 Å². The van der Waals surface area contributed by atoms with Gasteiger partial charge in [0.2, 0.25) is 0 Å². The molecule has 3 aromatic rings. The van der Waals surface area contributed by atoms with E-state index in [1.54, 1.807) is 0 Å². The average molecular weight is 451 g/mol. The number of hydrogen-bond acceptors (Lipinski definition) is 4. The van der Waals surface area contributed by atoms with Crippen molar-refractivity contribution in [3.05, 3.63) is 82.6 Å². The number of aryl methyl sites for hydroxylation is 1.